The molecule has 0 aliphatic carbocycles. The molecule has 0 saturated carbocycles. The van der Waals surface area contributed by atoms with Crippen LogP contribution >= 0.6 is 0 Å². The highest BCUT2D eigenvalue weighted by molar-refractivity contribution is 5.92. The average molecular weight is 257 g/mol. The molecule has 0 spiro atoms. The lowest BCUT2D eigenvalue weighted by atomic mass is 10.3. The molecule has 2 rings (SSSR count). The van der Waals surface area contributed by atoms with E-state index in [0.717, 1.165) is 11.4 Å². The van der Waals surface area contributed by atoms with Crippen LogP contribution in [0.1, 0.15) is 16.2 Å². The summed E-state index contributed by atoms with van der Waals surface area (Å²) in [7, 11) is 3.40. The van der Waals surface area contributed by atoms with E-state index >= 15 is 0 Å². The zero-order valence-electron chi connectivity index (χ0n) is 10.9. The molecular formula is C13H15N5O. The molecule has 19 heavy (non-hydrogen) atoms. The molecule has 0 saturated heterocycles. The highest BCUT2D eigenvalue weighted by Crippen LogP contribution is 2.10. The van der Waals surface area contributed by atoms with Crippen molar-refractivity contribution in [3.05, 3.63) is 48.0 Å². The predicted molar refractivity (Wildman–Crippen MR) is 71.6 cm³/mol. The fourth-order valence-electron chi connectivity index (χ4n) is 1.51. The van der Waals surface area contributed by atoms with Crippen molar-refractivity contribution < 1.29 is 4.79 Å². The molecule has 2 heterocycles. The van der Waals surface area contributed by atoms with E-state index in [1.54, 1.807) is 32.6 Å². The molecular weight excluding hydrogens is 242 g/mol. The largest absolute Gasteiger partial charge is 0.379 e. The second kappa shape index (κ2) is 5.90. The van der Waals surface area contributed by atoms with Gasteiger partial charge in [0.15, 0.2) is 0 Å². The van der Waals surface area contributed by atoms with Gasteiger partial charge in [-0.15, -0.1) is 0 Å². The molecule has 0 unspecified atom stereocenters. The normalized spacial score (nSPS) is 10.0. The van der Waals surface area contributed by atoms with E-state index in [1.165, 1.54) is 4.90 Å². The van der Waals surface area contributed by atoms with E-state index in [0.29, 0.717) is 12.2 Å². The van der Waals surface area contributed by atoms with Crippen molar-refractivity contribution in [2.45, 2.75) is 6.54 Å². The van der Waals surface area contributed by atoms with E-state index in [9.17, 15) is 4.79 Å². The summed E-state index contributed by atoms with van der Waals surface area (Å²) in [5.41, 5.74) is 2.07. The van der Waals surface area contributed by atoms with Crippen LogP contribution in [0.25, 0.3) is 0 Å². The molecule has 1 amide bonds. The molecule has 0 fully saturated rings. The number of amides is 1. The summed E-state index contributed by atoms with van der Waals surface area (Å²) < 4.78 is 0. The predicted octanol–water partition coefficient (Wildman–Crippen LogP) is 1.19. The van der Waals surface area contributed by atoms with Gasteiger partial charge in [-0.25, -0.2) is 0 Å². The standard InChI is InChI=1S/C13H15N5O/c1-18(2)13(19)12-8-10(5-7-14-12)15-9-11-4-3-6-16-17-11/h3-8H,9H2,1-2H3,(H,14,15). The summed E-state index contributed by atoms with van der Waals surface area (Å²) >= 11 is 0. The van der Waals surface area contributed by atoms with Gasteiger partial charge in [0, 0.05) is 32.2 Å². The van der Waals surface area contributed by atoms with Crippen LogP contribution in [0.2, 0.25) is 0 Å². The fourth-order valence-corrected chi connectivity index (χ4v) is 1.51. The number of carbonyl (C=O) groups is 1. The lowest BCUT2D eigenvalue weighted by Gasteiger charge is -2.11. The van der Waals surface area contributed by atoms with Crippen molar-refractivity contribution in [1.82, 2.24) is 20.1 Å². The van der Waals surface area contributed by atoms with Gasteiger partial charge in [0.05, 0.1) is 12.2 Å². The van der Waals surface area contributed by atoms with E-state index in [-0.39, 0.29) is 5.91 Å². The number of pyridine rings is 1. The van der Waals surface area contributed by atoms with Crippen LogP contribution in [0, 0.1) is 0 Å². The first-order valence-corrected chi connectivity index (χ1v) is 5.85. The molecule has 1 N–H and O–H groups in total. The summed E-state index contributed by atoms with van der Waals surface area (Å²) in [4.78, 5) is 17.3. The third-order valence-electron chi connectivity index (χ3n) is 2.49. The lowest BCUT2D eigenvalue weighted by molar-refractivity contribution is 0.0822. The highest BCUT2D eigenvalue weighted by Gasteiger charge is 2.09. The Morgan fingerprint density at radius 3 is 2.84 bits per heavy atom. The first-order chi connectivity index (χ1) is 9.16. The zero-order valence-corrected chi connectivity index (χ0v) is 10.9. The van der Waals surface area contributed by atoms with Crippen molar-refractivity contribution in [2.24, 2.45) is 0 Å². The number of carbonyl (C=O) groups excluding carboxylic acids is 1. The van der Waals surface area contributed by atoms with Crippen LogP contribution in [0.4, 0.5) is 5.69 Å². The Morgan fingerprint density at radius 1 is 1.32 bits per heavy atom. The molecule has 0 radical (unpaired) electrons. The van der Waals surface area contributed by atoms with Gasteiger partial charge in [0.25, 0.3) is 5.91 Å². The monoisotopic (exact) mass is 257 g/mol. The van der Waals surface area contributed by atoms with Gasteiger partial charge < -0.3 is 10.2 Å². The van der Waals surface area contributed by atoms with Crippen LogP contribution in [-0.2, 0) is 6.54 Å². The van der Waals surface area contributed by atoms with Crippen molar-refractivity contribution in [1.29, 1.82) is 0 Å². The Kier molecular flexibility index (Phi) is 4.02. The molecule has 2 aromatic rings. The topological polar surface area (TPSA) is 71.0 Å². The number of anilines is 1. The number of nitrogens with zero attached hydrogens (tertiary/aromatic N) is 4. The first kappa shape index (κ1) is 12.9. The molecule has 0 bridgehead atoms. The summed E-state index contributed by atoms with van der Waals surface area (Å²) in [5.74, 6) is -0.122. The van der Waals surface area contributed by atoms with E-state index in [2.05, 4.69) is 20.5 Å². The van der Waals surface area contributed by atoms with Gasteiger partial charge in [0.2, 0.25) is 0 Å². The number of aromatic nitrogens is 3. The summed E-state index contributed by atoms with van der Waals surface area (Å²) in [5, 5.41) is 11.0. The van der Waals surface area contributed by atoms with Crippen LogP contribution < -0.4 is 5.32 Å². The van der Waals surface area contributed by atoms with Crippen molar-refractivity contribution in [2.75, 3.05) is 19.4 Å². The minimum Gasteiger partial charge on any atom is -0.379 e. The summed E-state index contributed by atoms with van der Waals surface area (Å²) in [6.07, 6.45) is 3.24. The Labute approximate surface area is 111 Å². The third-order valence-corrected chi connectivity index (χ3v) is 2.49. The number of nitrogens with one attached hydrogen (secondary N) is 1. The number of hydrogen-bond acceptors (Lipinski definition) is 5. The molecule has 6 heteroatoms. The smallest absolute Gasteiger partial charge is 0.272 e. The molecule has 0 aliphatic heterocycles. The van der Waals surface area contributed by atoms with Gasteiger partial charge in [0.1, 0.15) is 5.69 Å². The van der Waals surface area contributed by atoms with Gasteiger partial charge in [-0.2, -0.15) is 10.2 Å². The van der Waals surface area contributed by atoms with Crippen LogP contribution in [0.15, 0.2) is 36.7 Å². The maximum Gasteiger partial charge on any atom is 0.272 e. The molecule has 98 valence electrons. The summed E-state index contributed by atoms with van der Waals surface area (Å²) in [6.45, 7) is 0.549. The second-order valence-electron chi connectivity index (χ2n) is 4.20. The Hall–Kier alpha value is -2.50. The van der Waals surface area contributed by atoms with Crippen molar-refractivity contribution in [3.63, 3.8) is 0 Å². The molecule has 2 aromatic heterocycles. The number of hydrogen-bond donors (Lipinski definition) is 1. The SMILES string of the molecule is CN(C)C(=O)c1cc(NCc2cccnn2)ccn1. The lowest BCUT2D eigenvalue weighted by Crippen LogP contribution is -2.22. The van der Waals surface area contributed by atoms with Gasteiger partial charge >= 0.3 is 0 Å². The Bertz CT molecular complexity index is 556. The fraction of sp³-hybridized carbons (Fsp3) is 0.231. The van der Waals surface area contributed by atoms with Gasteiger partial charge in [-0.1, -0.05) is 0 Å². The van der Waals surface area contributed by atoms with E-state index in [1.807, 2.05) is 18.2 Å². The quantitative estimate of drug-likeness (QED) is 0.890. The van der Waals surface area contributed by atoms with Crippen molar-refractivity contribution in [3.8, 4) is 0 Å². The average Bonchev–Trinajstić information content (AvgIpc) is 2.45. The number of rotatable bonds is 4. The van der Waals surface area contributed by atoms with Crippen molar-refractivity contribution >= 4 is 11.6 Å². The van der Waals surface area contributed by atoms with E-state index in [4.69, 9.17) is 0 Å². The van der Waals surface area contributed by atoms with Crippen LogP contribution in [0.3, 0.4) is 0 Å². The van der Waals surface area contributed by atoms with Crippen LogP contribution in [0.5, 0.6) is 0 Å². The van der Waals surface area contributed by atoms with Crippen LogP contribution in [-0.4, -0.2) is 40.1 Å². The highest BCUT2D eigenvalue weighted by atomic mass is 16.2. The third kappa shape index (κ3) is 3.48. The Balaban J connectivity index is 2.05. The Morgan fingerprint density at radius 2 is 2.16 bits per heavy atom. The minimum atomic E-state index is -0.122. The maximum atomic E-state index is 11.8. The van der Waals surface area contributed by atoms with E-state index < -0.39 is 0 Å². The minimum absolute atomic E-state index is 0.122. The first-order valence-electron chi connectivity index (χ1n) is 5.85. The molecule has 0 aromatic carbocycles. The molecule has 6 nitrogen and oxygen atoms in total. The molecule has 0 aliphatic rings. The maximum absolute atomic E-state index is 11.8. The van der Waals surface area contributed by atoms with Gasteiger partial charge in [-0.05, 0) is 24.3 Å². The van der Waals surface area contributed by atoms with Gasteiger partial charge in [-0.3, -0.25) is 9.78 Å². The summed E-state index contributed by atoms with van der Waals surface area (Å²) in [6, 6.07) is 7.24. The zero-order chi connectivity index (χ0) is 13.7. The molecule has 0 atom stereocenters. The second-order valence-corrected chi connectivity index (χ2v) is 4.20.